The molecule has 5 nitrogen and oxygen atoms in total. The molecule has 2 heterocycles. The van der Waals surface area contributed by atoms with Gasteiger partial charge in [0.15, 0.2) is 0 Å². The second-order valence-corrected chi connectivity index (χ2v) is 4.07. The smallest absolute Gasteiger partial charge is 0.240 e. The minimum atomic E-state index is 0.292. The standard InChI is InChI=1S/C12H16N4O/c1-3-4-6-9(2)12-15-11(16-17-12)10-13-7-5-8-14-10/h5,7-9H,3-4,6H2,1-2H3/t9-/m1/s1. The van der Waals surface area contributed by atoms with Gasteiger partial charge in [-0.25, -0.2) is 9.97 Å². The summed E-state index contributed by atoms with van der Waals surface area (Å²) in [6, 6.07) is 1.76. The van der Waals surface area contributed by atoms with Crippen LogP contribution in [0, 0.1) is 0 Å². The zero-order valence-electron chi connectivity index (χ0n) is 10.1. The fourth-order valence-corrected chi connectivity index (χ4v) is 1.57. The van der Waals surface area contributed by atoms with Gasteiger partial charge in [-0.05, 0) is 12.5 Å². The SMILES string of the molecule is CCCC[C@@H](C)c1nc(-c2ncccn2)no1. The number of nitrogens with zero attached hydrogens (tertiary/aromatic N) is 4. The summed E-state index contributed by atoms with van der Waals surface area (Å²) < 4.78 is 5.24. The first-order chi connectivity index (χ1) is 8.31. The first-order valence-electron chi connectivity index (χ1n) is 5.92. The normalized spacial score (nSPS) is 12.6. The Hall–Kier alpha value is -1.78. The largest absolute Gasteiger partial charge is 0.339 e. The molecule has 0 amide bonds. The summed E-state index contributed by atoms with van der Waals surface area (Å²) in [5.74, 6) is 1.93. The lowest BCUT2D eigenvalue weighted by molar-refractivity contribution is 0.351. The minimum Gasteiger partial charge on any atom is -0.339 e. The van der Waals surface area contributed by atoms with Crippen molar-refractivity contribution in [2.75, 3.05) is 0 Å². The molecule has 0 bridgehead atoms. The van der Waals surface area contributed by atoms with E-state index < -0.39 is 0 Å². The predicted molar refractivity (Wildman–Crippen MR) is 63.3 cm³/mol. The molecule has 0 radical (unpaired) electrons. The third kappa shape index (κ3) is 2.87. The molecule has 0 N–H and O–H groups in total. The number of hydrogen-bond donors (Lipinski definition) is 0. The maximum absolute atomic E-state index is 5.24. The van der Waals surface area contributed by atoms with Crippen molar-refractivity contribution in [2.45, 2.75) is 39.0 Å². The fraction of sp³-hybridized carbons (Fsp3) is 0.500. The molecule has 0 saturated heterocycles. The Labute approximate surface area is 100 Å². The zero-order valence-corrected chi connectivity index (χ0v) is 10.1. The van der Waals surface area contributed by atoms with Crippen molar-refractivity contribution >= 4 is 0 Å². The molecule has 0 saturated carbocycles. The van der Waals surface area contributed by atoms with Gasteiger partial charge in [-0.3, -0.25) is 0 Å². The fourth-order valence-electron chi connectivity index (χ4n) is 1.57. The van der Waals surface area contributed by atoms with Crippen LogP contribution in [-0.2, 0) is 0 Å². The highest BCUT2D eigenvalue weighted by Gasteiger charge is 2.15. The Morgan fingerprint density at radius 2 is 2.00 bits per heavy atom. The summed E-state index contributed by atoms with van der Waals surface area (Å²) in [5.41, 5.74) is 0. The van der Waals surface area contributed by atoms with Gasteiger partial charge in [-0.1, -0.05) is 31.8 Å². The summed E-state index contributed by atoms with van der Waals surface area (Å²) in [5, 5.41) is 3.90. The van der Waals surface area contributed by atoms with Gasteiger partial charge in [-0.2, -0.15) is 4.98 Å². The van der Waals surface area contributed by atoms with E-state index >= 15 is 0 Å². The van der Waals surface area contributed by atoms with Crippen LogP contribution in [0.4, 0.5) is 0 Å². The summed E-state index contributed by atoms with van der Waals surface area (Å²) in [6.07, 6.45) is 6.74. The topological polar surface area (TPSA) is 64.7 Å². The van der Waals surface area contributed by atoms with E-state index in [0.717, 1.165) is 6.42 Å². The van der Waals surface area contributed by atoms with Gasteiger partial charge < -0.3 is 4.52 Å². The molecule has 0 fully saturated rings. The van der Waals surface area contributed by atoms with Crippen molar-refractivity contribution in [3.8, 4) is 11.6 Å². The molecular formula is C12H16N4O. The molecular weight excluding hydrogens is 216 g/mol. The average Bonchev–Trinajstić information content (AvgIpc) is 2.86. The molecule has 0 aliphatic carbocycles. The number of unbranched alkanes of at least 4 members (excludes halogenated alkanes) is 1. The van der Waals surface area contributed by atoms with Crippen LogP contribution in [0.3, 0.4) is 0 Å². The lowest BCUT2D eigenvalue weighted by Crippen LogP contribution is -1.94. The third-order valence-electron chi connectivity index (χ3n) is 2.62. The molecule has 5 heteroatoms. The summed E-state index contributed by atoms with van der Waals surface area (Å²) in [7, 11) is 0. The van der Waals surface area contributed by atoms with E-state index in [-0.39, 0.29) is 0 Å². The Bertz CT molecular complexity index is 455. The Kier molecular flexibility index (Phi) is 3.80. The highest BCUT2D eigenvalue weighted by atomic mass is 16.5. The Morgan fingerprint density at radius 3 is 2.71 bits per heavy atom. The van der Waals surface area contributed by atoms with Gasteiger partial charge in [-0.15, -0.1) is 0 Å². The van der Waals surface area contributed by atoms with Crippen LogP contribution in [0.2, 0.25) is 0 Å². The second kappa shape index (κ2) is 5.52. The first-order valence-corrected chi connectivity index (χ1v) is 5.92. The van der Waals surface area contributed by atoms with Gasteiger partial charge in [0.25, 0.3) is 0 Å². The molecule has 0 aliphatic heterocycles. The molecule has 17 heavy (non-hydrogen) atoms. The van der Waals surface area contributed by atoms with Gasteiger partial charge in [0.05, 0.1) is 0 Å². The maximum Gasteiger partial charge on any atom is 0.240 e. The predicted octanol–water partition coefficient (Wildman–Crippen LogP) is 2.82. The molecule has 2 aromatic rings. The third-order valence-corrected chi connectivity index (χ3v) is 2.62. The highest BCUT2D eigenvalue weighted by molar-refractivity contribution is 5.40. The molecule has 2 aromatic heterocycles. The van der Waals surface area contributed by atoms with Crippen molar-refractivity contribution in [2.24, 2.45) is 0 Å². The summed E-state index contributed by atoms with van der Waals surface area (Å²) in [4.78, 5) is 12.5. The molecule has 0 unspecified atom stereocenters. The van der Waals surface area contributed by atoms with E-state index in [9.17, 15) is 0 Å². The van der Waals surface area contributed by atoms with Gasteiger partial charge >= 0.3 is 0 Å². The molecule has 2 rings (SSSR count). The van der Waals surface area contributed by atoms with E-state index in [2.05, 4.69) is 34.0 Å². The number of aromatic nitrogens is 4. The van der Waals surface area contributed by atoms with Crippen LogP contribution in [0.5, 0.6) is 0 Å². The second-order valence-electron chi connectivity index (χ2n) is 4.07. The van der Waals surface area contributed by atoms with Gasteiger partial charge in [0.1, 0.15) is 0 Å². The van der Waals surface area contributed by atoms with Crippen LogP contribution in [0.1, 0.15) is 44.9 Å². The maximum atomic E-state index is 5.24. The van der Waals surface area contributed by atoms with E-state index in [1.54, 1.807) is 18.5 Å². The summed E-state index contributed by atoms with van der Waals surface area (Å²) >= 11 is 0. The van der Waals surface area contributed by atoms with Crippen molar-refractivity contribution in [3.05, 3.63) is 24.4 Å². The van der Waals surface area contributed by atoms with Crippen LogP contribution in [0.25, 0.3) is 11.6 Å². The van der Waals surface area contributed by atoms with Crippen molar-refractivity contribution < 1.29 is 4.52 Å². The monoisotopic (exact) mass is 232 g/mol. The lowest BCUT2D eigenvalue weighted by atomic mass is 10.0. The molecule has 1 atom stereocenters. The average molecular weight is 232 g/mol. The lowest BCUT2D eigenvalue weighted by Gasteiger charge is -2.03. The summed E-state index contributed by atoms with van der Waals surface area (Å²) in [6.45, 7) is 4.27. The number of hydrogen-bond acceptors (Lipinski definition) is 5. The van der Waals surface area contributed by atoms with Crippen LogP contribution in [-0.4, -0.2) is 20.1 Å². The Morgan fingerprint density at radius 1 is 1.24 bits per heavy atom. The number of rotatable bonds is 5. The van der Waals surface area contributed by atoms with Gasteiger partial charge in [0.2, 0.25) is 17.5 Å². The van der Waals surface area contributed by atoms with E-state index in [4.69, 9.17) is 4.52 Å². The van der Waals surface area contributed by atoms with Crippen molar-refractivity contribution in [1.82, 2.24) is 20.1 Å². The van der Waals surface area contributed by atoms with Crippen LogP contribution in [0.15, 0.2) is 23.0 Å². The minimum absolute atomic E-state index is 0.292. The highest BCUT2D eigenvalue weighted by Crippen LogP contribution is 2.21. The quantitative estimate of drug-likeness (QED) is 0.793. The molecule has 0 aromatic carbocycles. The molecule has 0 aliphatic rings. The first kappa shape index (κ1) is 11.7. The molecule has 0 spiro atoms. The Balaban J connectivity index is 2.11. The van der Waals surface area contributed by atoms with E-state index in [0.29, 0.717) is 23.5 Å². The van der Waals surface area contributed by atoms with Crippen molar-refractivity contribution in [3.63, 3.8) is 0 Å². The van der Waals surface area contributed by atoms with Gasteiger partial charge in [0, 0.05) is 18.3 Å². The van der Waals surface area contributed by atoms with E-state index in [1.165, 1.54) is 12.8 Å². The zero-order chi connectivity index (χ0) is 12.1. The molecule has 90 valence electrons. The van der Waals surface area contributed by atoms with Crippen LogP contribution >= 0.6 is 0 Å². The van der Waals surface area contributed by atoms with E-state index in [1.807, 2.05) is 0 Å². The van der Waals surface area contributed by atoms with Crippen molar-refractivity contribution in [1.29, 1.82) is 0 Å². The van der Waals surface area contributed by atoms with Crippen LogP contribution < -0.4 is 0 Å².